The molecule has 0 aliphatic rings. The minimum atomic E-state index is -0.583. The van der Waals surface area contributed by atoms with Crippen LogP contribution in [-0.2, 0) is 16.1 Å². The molecule has 156 valence electrons. The summed E-state index contributed by atoms with van der Waals surface area (Å²) in [6.45, 7) is 8.66. The molecule has 1 atom stereocenters. The van der Waals surface area contributed by atoms with Crippen molar-refractivity contribution in [2.24, 2.45) is 0 Å². The van der Waals surface area contributed by atoms with Gasteiger partial charge in [-0.05, 0) is 44.4 Å². The zero-order valence-electron chi connectivity index (χ0n) is 17.9. The van der Waals surface area contributed by atoms with E-state index in [1.54, 1.807) is 11.8 Å². The molecular formula is C24H32N2O3. The summed E-state index contributed by atoms with van der Waals surface area (Å²) >= 11 is 0. The van der Waals surface area contributed by atoms with E-state index in [0.717, 1.165) is 29.5 Å². The molecule has 0 bridgehead atoms. The zero-order chi connectivity index (χ0) is 21.2. The molecule has 0 aliphatic heterocycles. The average Bonchev–Trinajstić information content (AvgIpc) is 2.71. The number of aryl methyl sites for hydroxylation is 2. The summed E-state index contributed by atoms with van der Waals surface area (Å²) in [5, 5.41) is 2.93. The highest BCUT2D eigenvalue weighted by molar-refractivity contribution is 5.87. The number of benzene rings is 2. The fourth-order valence-corrected chi connectivity index (χ4v) is 3.07. The maximum absolute atomic E-state index is 13.0. The third-order valence-corrected chi connectivity index (χ3v) is 4.88. The van der Waals surface area contributed by atoms with E-state index in [0.29, 0.717) is 18.8 Å². The molecule has 0 fully saturated rings. The van der Waals surface area contributed by atoms with Crippen LogP contribution < -0.4 is 10.1 Å². The Kier molecular flexibility index (Phi) is 8.71. The first-order valence-electron chi connectivity index (χ1n) is 10.2. The molecule has 0 aromatic heterocycles. The van der Waals surface area contributed by atoms with Crippen LogP contribution in [0.25, 0.3) is 0 Å². The van der Waals surface area contributed by atoms with Crippen molar-refractivity contribution in [2.75, 3.05) is 13.2 Å². The number of ether oxygens (including phenoxy) is 1. The van der Waals surface area contributed by atoms with Crippen LogP contribution in [-0.4, -0.2) is 35.9 Å². The number of carbonyl (C=O) groups excluding carboxylic acids is 2. The standard InChI is InChI=1S/C24H32N2O3/c1-5-6-14-25-24(28)20(4)26(16-21-12-9-10-18(2)15-21)23(27)17-29-22-13-8-7-11-19(22)3/h7-13,15,20H,5-6,14,16-17H2,1-4H3,(H,25,28)/t20-/m1/s1. The Morgan fingerprint density at radius 3 is 2.55 bits per heavy atom. The molecule has 0 unspecified atom stereocenters. The fourth-order valence-electron chi connectivity index (χ4n) is 3.07. The molecule has 1 N–H and O–H groups in total. The van der Waals surface area contributed by atoms with Gasteiger partial charge in [-0.15, -0.1) is 0 Å². The number of nitrogens with one attached hydrogen (secondary N) is 1. The second kappa shape index (κ2) is 11.2. The van der Waals surface area contributed by atoms with Crippen molar-refractivity contribution in [2.45, 2.75) is 53.1 Å². The molecule has 2 amide bonds. The van der Waals surface area contributed by atoms with Crippen LogP contribution in [0.5, 0.6) is 5.75 Å². The third-order valence-electron chi connectivity index (χ3n) is 4.88. The molecule has 0 heterocycles. The Morgan fingerprint density at radius 1 is 1.10 bits per heavy atom. The lowest BCUT2D eigenvalue weighted by Crippen LogP contribution is -2.49. The topological polar surface area (TPSA) is 58.6 Å². The van der Waals surface area contributed by atoms with E-state index in [2.05, 4.69) is 12.2 Å². The van der Waals surface area contributed by atoms with Crippen molar-refractivity contribution < 1.29 is 14.3 Å². The van der Waals surface area contributed by atoms with Gasteiger partial charge in [0, 0.05) is 13.1 Å². The second-order valence-electron chi connectivity index (χ2n) is 7.39. The monoisotopic (exact) mass is 396 g/mol. The van der Waals surface area contributed by atoms with Gasteiger partial charge >= 0.3 is 0 Å². The van der Waals surface area contributed by atoms with E-state index < -0.39 is 6.04 Å². The van der Waals surface area contributed by atoms with Crippen LogP contribution in [0.1, 0.15) is 43.4 Å². The van der Waals surface area contributed by atoms with Gasteiger partial charge in [0.25, 0.3) is 5.91 Å². The number of nitrogens with zero attached hydrogens (tertiary/aromatic N) is 1. The normalized spacial score (nSPS) is 11.6. The fraction of sp³-hybridized carbons (Fsp3) is 0.417. The number of hydrogen-bond donors (Lipinski definition) is 1. The lowest BCUT2D eigenvalue weighted by Gasteiger charge is -2.29. The number of unbranched alkanes of at least 4 members (excludes halogenated alkanes) is 1. The van der Waals surface area contributed by atoms with E-state index in [9.17, 15) is 9.59 Å². The molecule has 0 saturated heterocycles. The third kappa shape index (κ3) is 6.93. The number of rotatable bonds is 10. The average molecular weight is 397 g/mol. The van der Waals surface area contributed by atoms with Crippen LogP contribution >= 0.6 is 0 Å². The highest BCUT2D eigenvalue weighted by Gasteiger charge is 2.26. The number of hydrogen-bond acceptors (Lipinski definition) is 3. The molecular weight excluding hydrogens is 364 g/mol. The molecule has 0 radical (unpaired) electrons. The maximum atomic E-state index is 13.0. The number of amides is 2. The predicted molar refractivity (Wildman–Crippen MR) is 116 cm³/mol. The predicted octanol–water partition coefficient (Wildman–Crippen LogP) is 4.02. The van der Waals surface area contributed by atoms with Gasteiger partial charge in [-0.25, -0.2) is 0 Å². The summed E-state index contributed by atoms with van der Waals surface area (Å²) in [4.78, 5) is 27.2. The van der Waals surface area contributed by atoms with Crippen LogP contribution in [0.4, 0.5) is 0 Å². The summed E-state index contributed by atoms with van der Waals surface area (Å²) < 4.78 is 5.75. The van der Waals surface area contributed by atoms with Gasteiger partial charge in [-0.3, -0.25) is 9.59 Å². The molecule has 5 nitrogen and oxygen atoms in total. The van der Waals surface area contributed by atoms with E-state index in [1.807, 2.05) is 62.4 Å². The van der Waals surface area contributed by atoms with Crippen molar-refractivity contribution in [3.63, 3.8) is 0 Å². The SMILES string of the molecule is CCCCNC(=O)[C@@H](C)N(Cc1cccc(C)c1)C(=O)COc1ccccc1C. The van der Waals surface area contributed by atoms with Crippen molar-refractivity contribution in [1.82, 2.24) is 10.2 Å². The molecule has 2 aromatic rings. The minimum Gasteiger partial charge on any atom is -0.484 e. The van der Waals surface area contributed by atoms with Gasteiger partial charge in [0.15, 0.2) is 6.61 Å². The van der Waals surface area contributed by atoms with E-state index in [4.69, 9.17) is 4.74 Å². The molecule has 0 saturated carbocycles. The second-order valence-corrected chi connectivity index (χ2v) is 7.39. The van der Waals surface area contributed by atoms with Gasteiger partial charge in [0.2, 0.25) is 5.91 Å². The Balaban J connectivity index is 2.12. The summed E-state index contributed by atoms with van der Waals surface area (Å²) in [6.07, 6.45) is 1.92. The summed E-state index contributed by atoms with van der Waals surface area (Å²) in [7, 11) is 0. The first-order chi connectivity index (χ1) is 13.9. The van der Waals surface area contributed by atoms with Crippen molar-refractivity contribution in [1.29, 1.82) is 0 Å². The van der Waals surface area contributed by atoms with Crippen LogP contribution in [0, 0.1) is 13.8 Å². The minimum absolute atomic E-state index is 0.108. The van der Waals surface area contributed by atoms with Gasteiger partial charge in [-0.2, -0.15) is 0 Å². The molecule has 29 heavy (non-hydrogen) atoms. The van der Waals surface area contributed by atoms with Crippen molar-refractivity contribution in [3.8, 4) is 5.75 Å². The first kappa shape index (κ1) is 22.5. The maximum Gasteiger partial charge on any atom is 0.261 e. The van der Waals surface area contributed by atoms with Crippen molar-refractivity contribution in [3.05, 3.63) is 65.2 Å². The number of para-hydroxylation sites is 1. The molecule has 2 rings (SSSR count). The van der Waals surface area contributed by atoms with E-state index >= 15 is 0 Å². The lowest BCUT2D eigenvalue weighted by atomic mass is 10.1. The summed E-state index contributed by atoms with van der Waals surface area (Å²) in [5.41, 5.74) is 3.07. The van der Waals surface area contributed by atoms with E-state index in [1.165, 1.54) is 0 Å². The highest BCUT2D eigenvalue weighted by Crippen LogP contribution is 2.17. The quantitative estimate of drug-likeness (QED) is 0.617. The van der Waals surface area contributed by atoms with Crippen LogP contribution in [0.2, 0.25) is 0 Å². The van der Waals surface area contributed by atoms with Gasteiger partial charge in [0.05, 0.1) is 0 Å². The molecule has 0 aliphatic carbocycles. The lowest BCUT2D eigenvalue weighted by molar-refractivity contribution is -0.142. The van der Waals surface area contributed by atoms with Gasteiger partial charge in [-0.1, -0.05) is 61.4 Å². The Labute approximate surface area is 174 Å². The van der Waals surface area contributed by atoms with Crippen molar-refractivity contribution >= 4 is 11.8 Å². The largest absolute Gasteiger partial charge is 0.484 e. The molecule has 2 aromatic carbocycles. The summed E-state index contributed by atoms with van der Waals surface area (Å²) in [6, 6.07) is 15.0. The molecule has 5 heteroatoms. The Hall–Kier alpha value is -2.82. The van der Waals surface area contributed by atoms with Crippen LogP contribution in [0.15, 0.2) is 48.5 Å². The van der Waals surface area contributed by atoms with E-state index in [-0.39, 0.29) is 18.4 Å². The van der Waals surface area contributed by atoms with Crippen LogP contribution in [0.3, 0.4) is 0 Å². The summed E-state index contributed by atoms with van der Waals surface area (Å²) in [5.74, 6) is 0.319. The Morgan fingerprint density at radius 2 is 1.86 bits per heavy atom. The Bertz CT molecular complexity index is 819. The highest BCUT2D eigenvalue weighted by atomic mass is 16.5. The zero-order valence-corrected chi connectivity index (χ0v) is 17.9. The van der Waals surface area contributed by atoms with Gasteiger partial charge in [0.1, 0.15) is 11.8 Å². The molecule has 0 spiro atoms. The smallest absolute Gasteiger partial charge is 0.261 e. The van der Waals surface area contributed by atoms with Gasteiger partial charge < -0.3 is 15.0 Å². The number of carbonyl (C=O) groups is 2. The first-order valence-corrected chi connectivity index (χ1v) is 10.2.